The van der Waals surface area contributed by atoms with E-state index in [4.69, 9.17) is 9.68 Å². The summed E-state index contributed by atoms with van der Waals surface area (Å²) in [5.41, 5.74) is 2.06. The van der Waals surface area contributed by atoms with Gasteiger partial charge in [0, 0.05) is 18.2 Å². The van der Waals surface area contributed by atoms with Gasteiger partial charge in [0.15, 0.2) is 5.71 Å². The van der Waals surface area contributed by atoms with Gasteiger partial charge in [0.25, 0.3) is 5.91 Å². The lowest BCUT2D eigenvalue weighted by atomic mass is 10.0. The van der Waals surface area contributed by atoms with Gasteiger partial charge >= 0.3 is 0 Å². The Morgan fingerprint density at radius 2 is 1.86 bits per heavy atom. The zero-order valence-corrected chi connectivity index (χ0v) is 15.8. The number of oxime groups is 2. The number of halogens is 1. The van der Waals surface area contributed by atoms with Crippen LogP contribution in [0, 0.1) is 17.7 Å². The normalized spacial score (nSPS) is 11.3. The molecule has 0 aliphatic carbocycles. The number of amides is 1. The number of carbonyl (C=O) groups excluding carboxylic acids is 1. The molecular formula is C21H20FN3O3. The first-order valence-electron chi connectivity index (χ1n) is 8.41. The molecule has 0 bridgehead atoms. The maximum absolute atomic E-state index is 13.6. The highest BCUT2D eigenvalue weighted by atomic mass is 19.1. The SMILES string of the molecule is CNC(=O)/C(=N/OC)c1ccccc1CO/N=C(\C)C#Cc1ccccc1F. The van der Waals surface area contributed by atoms with Crippen LogP contribution >= 0.6 is 0 Å². The lowest BCUT2D eigenvalue weighted by molar-refractivity contribution is -0.114. The lowest BCUT2D eigenvalue weighted by Gasteiger charge is -2.09. The smallest absolute Gasteiger partial charge is 0.273 e. The molecule has 0 aromatic heterocycles. The maximum Gasteiger partial charge on any atom is 0.273 e. The average Bonchev–Trinajstić information content (AvgIpc) is 2.71. The van der Waals surface area contributed by atoms with Gasteiger partial charge in [-0.25, -0.2) is 4.39 Å². The van der Waals surface area contributed by atoms with Crippen LogP contribution in [-0.2, 0) is 21.1 Å². The van der Waals surface area contributed by atoms with Crippen LogP contribution in [0.3, 0.4) is 0 Å². The molecule has 0 unspecified atom stereocenters. The van der Waals surface area contributed by atoms with Gasteiger partial charge in [0.1, 0.15) is 25.2 Å². The van der Waals surface area contributed by atoms with Crippen molar-refractivity contribution in [2.45, 2.75) is 13.5 Å². The third-order valence-electron chi connectivity index (χ3n) is 3.57. The molecule has 0 aliphatic heterocycles. The lowest BCUT2D eigenvalue weighted by Crippen LogP contribution is -2.29. The largest absolute Gasteiger partial charge is 0.398 e. The van der Waals surface area contributed by atoms with Crippen molar-refractivity contribution in [3.63, 3.8) is 0 Å². The molecule has 0 atom stereocenters. The van der Waals surface area contributed by atoms with E-state index in [-0.39, 0.29) is 23.8 Å². The molecule has 7 heteroatoms. The van der Waals surface area contributed by atoms with E-state index in [1.165, 1.54) is 20.2 Å². The Labute approximate surface area is 163 Å². The van der Waals surface area contributed by atoms with Gasteiger partial charge in [-0.15, -0.1) is 0 Å². The van der Waals surface area contributed by atoms with Gasteiger partial charge in [-0.05, 0) is 25.0 Å². The van der Waals surface area contributed by atoms with E-state index in [2.05, 4.69) is 27.5 Å². The fraction of sp³-hybridized carbons (Fsp3) is 0.190. The second-order valence-electron chi connectivity index (χ2n) is 5.54. The second kappa shape index (κ2) is 10.5. The van der Waals surface area contributed by atoms with Crippen LogP contribution in [-0.4, -0.2) is 31.5 Å². The van der Waals surface area contributed by atoms with E-state index < -0.39 is 5.82 Å². The molecule has 1 amide bonds. The summed E-state index contributed by atoms with van der Waals surface area (Å²) in [5, 5.41) is 10.2. The fourth-order valence-electron chi connectivity index (χ4n) is 2.24. The number of benzene rings is 2. The van der Waals surface area contributed by atoms with Gasteiger partial charge < -0.3 is 15.0 Å². The highest BCUT2D eigenvalue weighted by Crippen LogP contribution is 2.13. The summed E-state index contributed by atoms with van der Waals surface area (Å²) < 4.78 is 13.6. The Morgan fingerprint density at radius 3 is 2.57 bits per heavy atom. The van der Waals surface area contributed by atoms with Crippen molar-refractivity contribution in [3.05, 3.63) is 71.0 Å². The van der Waals surface area contributed by atoms with E-state index in [1.807, 2.05) is 6.07 Å². The molecule has 0 radical (unpaired) electrons. The van der Waals surface area contributed by atoms with Gasteiger partial charge in [0.2, 0.25) is 0 Å². The fourth-order valence-corrected chi connectivity index (χ4v) is 2.24. The minimum atomic E-state index is -0.392. The van der Waals surface area contributed by atoms with Crippen molar-refractivity contribution in [2.75, 3.05) is 14.2 Å². The summed E-state index contributed by atoms with van der Waals surface area (Å²) in [7, 11) is 2.87. The third-order valence-corrected chi connectivity index (χ3v) is 3.57. The highest BCUT2D eigenvalue weighted by molar-refractivity contribution is 6.45. The molecule has 2 rings (SSSR count). The standard InChI is InChI=1S/C21H20FN3O3/c1-15(12-13-16-8-5-7-11-19(16)22)24-28-14-17-9-4-6-10-18(17)20(25-27-3)21(26)23-2/h4-11H,14H2,1-3H3,(H,23,26)/b24-15+,25-20+. The molecule has 0 saturated heterocycles. The van der Waals surface area contributed by atoms with E-state index in [0.717, 1.165) is 0 Å². The quantitative estimate of drug-likeness (QED) is 0.475. The Bertz CT molecular complexity index is 959. The van der Waals surface area contributed by atoms with Gasteiger partial charge in [0.05, 0.1) is 5.56 Å². The number of nitrogens with one attached hydrogen (secondary N) is 1. The van der Waals surface area contributed by atoms with Crippen molar-refractivity contribution in [1.29, 1.82) is 0 Å². The van der Waals surface area contributed by atoms with Crippen LogP contribution in [0.2, 0.25) is 0 Å². The van der Waals surface area contributed by atoms with Crippen molar-refractivity contribution in [2.24, 2.45) is 10.3 Å². The number of carbonyl (C=O) groups is 1. The van der Waals surface area contributed by atoms with Crippen LogP contribution in [0.25, 0.3) is 0 Å². The van der Waals surface area contributed by atoms with Crippen molar-refractivity contribution >= 4 is 17.3 Å². The predicted octanol–water partition coefficient (Wildman–Crippen LogP) is 2.87. The number of rotatable bonds is 6. The molecule has 6 nitrogen and oxygen atoms in total. The van der Waals surface area contributed by atoms with Crippen molar-refractivity contribution in [1.82, 2.24) is 5.32 Å². The summed E-state index contributed by atoms with van der Waals surface area (Å²) in [5.74, 6) is 4.67. The number of hydrogen-bond donors (Lipinski definition) is 1. The van der Waals surface area contributed by atoms with Crippen LogP contribution in [0.15, 0.2) is 58.8 Å². The molecular weight excluding hydrogens is 361 g/mol. The summed E-state index contributed by atoms with van der Waals surface area (Å²) in [6.45, 7) is 1.75. The van der Waals surface area contributed by atoms with Crippen molar-refractivity contribution < 1.29 is 18.9 Å². The van der Waals surface area contributed by atoms with Crippen LogP contribution < -0.4 is 5.32 Å². The number of nitrogens with zero attached hydrogens (tertiary/aromatic N) is 2. The molecule has 28 heavy (non-hydrogen) atoms. The molecule has 0 aliphatic rings. The van der Waals surface area contributed by atoms with Gasteiger partial charge in [-0.3, -0.25) is 4.79 Å². The first-order valence-corrected chi connectivity index (χ1v) is 8.41. The van der Waals surface area contributed by atoms with E-state index in [0.29, 0.717) is 16.8 Å². The van der Waals surface area contributed by atoms with Gasteiger partial charge in [-0.1, -0.05) is 52.6 Å². The second-order valence-corrected chi connectivity index (χ2v) is 5.54. The molecule has 0 spiro atoms. The zero-order chi connectivity index (χ0) is 20.4. The molecule has 0 fully saturated rings. The molecule has 144 valence electrons. The first-order chi connectivity index (χ1) is 13.6. The third kappa shape index (κ3) is 5.68. The summed E-state index contributed by atoms with van der Waals surface area (Å²) in [6, 6.07) is 13.4. The number of hydrogen-bond acceptors (Lipinski definition) is 5. The minimum Gasteiger partial charge on any atom is -0.398 e. The average molecular weight is 381 g/mol. The molecule has 0 heterocycles. The molecule has 2 aromatic carbocycles. The Balaban J connectivity index is 2.13. The summed E-state index contributed by atoms with van der Waals surface area (Å²) in [6.07, 6.45) is 0. The van der Waals surface area contributed by atoms with Crippen molar-refractivity contribution in [3.8, 4) is 11.8 Å². The Hall–Kier alpha value is -3.66. The molecule has 1 N–H and O–H groups in total. The summed E-state index contributed by atoms with van der Waals surface area (Å²) in [4.78, 5) is 22.2. The maximum atomic E-state index is 13.6. The molecule has 2 aromatic rings. The minimum absolute atomic E-state index is 0.0919. The van der Waals surface area contributed by atoms with Crippen LogP contribution in [0.1, 0.15) is 23.6 Å². The zero-order valence-electron chi connectivity index (χ0n) is 15.8. The van der Waals surface area contributed by atoms with Gasteiger partial charge in [-0.2, -0.15) is 0 Å². The Morgan fingerprint density at radius 1 is 1.14 bits per heavy atom. The Kier molecular flexibility index (Phi) is 7.73. The topological polar surface area (TPSA) is 72.3 Å². The van der Waals surface area contributed by atoms with E-state index >= 15 is 0 Å². The van der Waals surface area contributed by atoms with Crippen LogP contribution in [0.4, 0.5) is 4.39 Å². The number of likely N-dealkylation sites (N-methyl/N-ethyl adjacent to an activating group) is 1. The first kappa shape index (κ1) is 20.6. The molecule has 0 saturated carbocycles. The summed E-state index contributed by atoms with van der Waals surface area (Å²) >= 11 is 0. The van der Waals surface area contributed by atoms with E-state index in [1.54, 1.807) is 43.3 Å². The predicted molar refractivity (Wildman–Crippen MR) is 105 cm³/mol. The highest BCUT2D eigenvalue weighted by Gasteiger charge is 2.17. The van der Waals surface area contributed by atoms with Crippen LogP contribution in [0.5, 0.6) is 0 Å². The monoisotopic (exact) mass is 381 g/mol. The van der Waals surface area contributed by atoms with E-state index in [9.17, 15) is 9.18 Å².